The number of Topliss-reactive ketones (excluding diaryl/α,β-unsaturated/α-hetero) is 1. The number of nitrogens with zero attached hydrogens (tertiary/aromatic N) is 2. The average molecular weight is 262 g/mol. The monoisotopic (exact) mass is 262 g/mol. The van der Waals surface area contributed by atoms with Gasteiger partial charge in [0.1, 0.15) is 22.4 Å². The number of ether oxygens (including phenoxy) is 1. The van der Waals surface area contributed by atoms with Crippen LogP contribution in [-0.4, -0.2) is 28.6 Å². The number of carbonyl (C=O) groups is 1. The molecule has 2 aromatic rings. The number of fused-ring (bicyclic) bond motifs is 1. The maximum Gasteiger partial charge on any atom is 0.140 e. The zero-order valence-corrected chi connectivity index (χ0v) is 11.4. The fourth-order valence-corrected chi connectivity index (χ4v) is 2.45. The Morgan fingerprint density at radius 2 is 2.17 bits per heavy atom. The second-order valence-corrected chi connectivity index (χ2v) is 4.91. The van der Waals surface area contributed by atoms with Crippen molar-refractivity contribution in [3.63, 3.8) is 0 Å². The molecule has 0 saturated heterocycles. The largest absolute Gasteiger partial charge is 0.497 e. The normalized spacial score (nSPS) is 10.6. The summed E-state index contributed by atoms with van der Waals surface area (Å²) in [5.74, 6) is 2.02. The molecule has 0 N–H and O–H groups in total. The minimum absolute atomic E-state index is 0.132. The summed E-state index contributed by atoms with van der Waals surface area (Å²) in [5.41, 5.74) is 0.870. The van der Waals surface area contributed by atoms with E-state index >= 15 is 0 Å². The SMILES string of the molecule is COc1ccc2nc(C)nc(SCC(C)=O)c2c1. The van der Waals surface area contributed by atoms with Crippen LogP contribution in [0.25, 0.3) is 10.9 Å². The standard InChI is InChI=1S/C13H14N2O2S/c1-8(16)7-18-13-11-6-10(17-3)4-5-12(11)14-9(2)15-13/h4-6H,7H2,1-3H3. The lowest BCUT2D eigenvalue weighted by Crippen LogP contribution is -1.97. The topological polar surface area (TPSA) is 52.1 Å². The van der Waals surface area contributed by atoms with Crippen LogP contribution in [0.1, 0.15) is 12.7 Å². The number of rotatable bonds is 4. The third-order valence-corrected chi connectivity index (χ3v) is 3.53. The number of thioether (sulfide) groups is 1. The number of methoxy groups -OCH3 is 1. The van der Waals surface area contributed by atoms with Crippen LogP contribution in [0, 0.1) is 6.92 Å². The number of benzene rings is 1. The van der Waals surface area contributed by atoms with Gasteiger partial charge in [-0.2, -0.15) is 0 Å². The maximum atomic E-state index is 11.1. The first-order chi connectivity index (χ1) is 8.60. The van der Waals surface area contributed by atoms with E-state index in [1.807, 2.05) is 25.1 Å². The summed E-state index contributed by atoms with van der Waals surface area (Å²) < 4.78 is 5.20. The number of hydrogen-bond acceptors (Lipinski definition) is 5. The fraction of sp³-hybridized carbons (Fsp3) is 0.308. The molecule has 4 nitrogen and oxygen atoms in total. The van der Waals surface area contributed by atoms with Crippen molar-refractivity contribution in [2.24, 2.45) is 0 Å². The van der Waals surface area contributed by atoms with Crippen molar-refractivity contribution in [1.82, 2.24) is 9.97 Å². The van der Waals surface area contributed by atoms with E-state index in [-0.39, 0.29) is 5.78 Å². The van der Waals surface area contributed by atoms with Gasteiger partial charge in [0.15, 0.2) is 0 Å². The van der Waals surface area contributed by atoms with Gasteiger partial charge in [0, 0.05) is 5.39 Å². The highest BCUT2D eigenvalue weighted by molar-refractivity contribution is 8.00. The Bertz CT molecular complexity index is 599. The molecule has 5 heteroatoms. The number of carbonyl (C=O) groups excluding carboxylic acids is 1. The molecule has 0 spiro atoms. The molecule has 0 fully saturated rings. The van der Waals surface area contributed by atoms with Gasteiger partial charge in [0.05, 0.1) is 18.4 Å². The van der Waals surface area contributed by atoms with E-state index in [9.17, 15) is 4.79 Å². The van der Waals surface area contributed by atoms with Crippen molar-refractivity contribution < 1.29 is 9.53 Å². The lowest BCUT2D eigenvalue weighted by molar-refractivity contribution is -0.114. The van der Waals surface area contributed by atoms with E-state index in [0.29, 0.717) is 11.6 Å². The van der Waals surface area contributed by atoms with Crippen molar-refractivity contribution in [2.45, 2.75) is 18.9 Å². The van der Waals surface area contributed by atoms with Gasteiger partial charge in [-0.1, -0.05) is 11.8 Å². The smallest absolute Gasteiger partial charge is 0.140 e. The molecule has 0 atom stereocenters. The lowest BCUT2D eigenvalue weighted by atomic mass is 10.2. The van der Waals surface area contributed by atoms with Gasteiger partial charge in [-0.3, -0.25) is 4.79 Å². The molecule has 0 aliphatic rings. The molecule has 18 heavy (non-hydrogen) atoms. The van der Waals surface area contributed by atoms with E-state index < -0.39 is 0 Å². The number of ketones is 1. The van der Waals surface area contributed by atoms with Crippen LogP contribution >= 0.6 is 11.8 Å². The Labute approximate surface area is 110 Å². The highest BCUT2D eigenvalue weighted by Gasteiger charge is 2.08. The quantitative estimate of drug-likeness (QED) is 0.626. The summed E-state index contributed by atoms with van der Waals surface area (Å²) in [6, 6.07) is 5.67. The Balaban J connectivity index is 2.50. The van der Waals surface area contributed by atoms with Gasteiger partial charge in [-0.05, 0) is 32.0 Å². The Hall–Kier alpha value is -1.62. The van der Waals surface area contributed by atoms with E-state index in [1.54, 1.807) is 14.0 Å². The van der Waals surface area contributed by atoms with Crippen molar-refractivity contribution in [3.8, 4) is 5.75 Å². The second kappa shape index (κ2) is 5.35. The van der Waals surface area contributed by atoms with Crippen molar-refractivity contribution in [1.29, 1.82) is 0 Å². The highest BCUT2D eigenvalue weighted by atomic mass is 32.2. The van der Waals surface area contributed by atoms with Crippen LogP contribution in [0.2, 0.25) is 0 Å². The van der Waals surface area contributed by atoms with Crippen LogP contribution in [0.4, 0.5) is 0 Å². The Morgan fingerprint density at radius 1 is 1.39 bits per heavy atom. The van der Waals surface area contributed by atoms with Gasteiger partial charge in [0.25, 0.3) is 0 Å². The first kappa shape index (κ1) is 12.8. The van der Waals surface area contributed by atoms with Gasteiger partial charge in [-0.25, -0.2) is 9.97 Å². The van der Waals surface area contributed by atoms with Gasteiger partial charge in [0.2, 0.25) is 0 Å². The fourth-order valence-electron chi connectivity index (χ4n) is 1.60. The predicted molar refractivity (Wildman–Crippen MR) is 72.2 cm³/mol. The molecular weight excluding hydrogens is 248 g/mol. The Kier molecular flexibility index (Phi) is 3.81. The minimum atomic E-state index is 0.132. The van der Waals surface area contributed by atoms with Crippen molar-refractivity contribution in [3.05, 3.63) is 24.0 Å². The average Bonchev–Trinajstić information content (AvgIpc) is 2.35. The maximum absolute atomic E-state index is 11.1. The number of hydrogen-bond donors (Lipinski definition) is 0. The number of aromatic nitrogens is 2. The zero-order valence-electron chi connectivity index (χ0n) is 10.6. The molecule has 0 amide bonds. The molecule has 0 saturated carbocycles. The predicted octanol–water partition coefficient (Wildman–Crippen LogP) is 2.63. The molecule has 0 aliphatic carbocycles. The van der Waals surface area contributed by atoms with Crippen LogP contribution in [0.5, 0.6) is 5.75 Å². The van der Waals surface area contributed by atoms with Crippen molar-refractivity contribution >= 4 is 28.4 Å². The van der Waals surface area contributed by atoms with E-state index in [1.165, 1.54) is 11.8 Å². The molecule has 1 aromatic carbocycles. The van der Waals surface area contributed by atoms with Crippen LogP contribution in [-0.2, 0) is 4.79 Å². The van der Waals surface area contributed by atoms with E-state index in [4.69, 9.17) is 4.74 Å². The van der Waals surface area contributed by atoms with Crippen LogP contribution in [0.3, 0.4) is 0 Å². The highest BCUT2D eigenvalue weighted by Crippen LogP contribution is 2.28. The van der Waals surface area contributed by atoms with Gasteiger partial charge < -0.3 is 4.74 Å². The first-order valence-corrected chi connectivity index (χ1v) is 6.53. The van der Waals surface area contributed by atoms with E-state index in [2.05, 4.69) is 9.97 Å². The molecule has 0 radical (unpaired) electrons. The summed E-state index contributed by atoms with van der Waals surface area (Å²) in [6.07, 6.45) is 0. The summed E-state index contributed by atoms with van der Waals surface area (Å²) in [5, 5.41) is 1.75. The number of aryl methyl sites for hydroxylation is 1. The Morgan fingerprint density at radius 3 is 2.83 bits per heavy atom. The molecule has 1 aromatic heterocycles. The first-order valence-electron chi connectivity index (χ1n) is 5.55. The molecular formula is C13H14N2O2S. The third-order valence-electron chi connectivity index (χ3n) is 2.39. The zero-order chi connectivity index (χ0) is 13.1. The minimum Gasteiger partial charge on any atom is -0.497 e. The molecule has 0 aliphatic heterocycles. The molecule has 1 heterocycles. The summed E-state index contributed by atoms with van der Waals surface area (Å²) in [6.45, 7) is 3.42. The molecule has 0 bridgehead atoms. The van der Waals surface area contributed by atoms with Crippen molar-refractivity contribution in [2.75, 3.05) is 12.9 Å². The molecule has 94 valence electrons. The third kappa shape index (κ3) is 2.79. The van der Waals surface area contributed by atoms with Crippen LogP contribution < -0.4 is 4.74 Å². The summed E-state index contributed by atoms with van der Waals surface area (Å²) >= 11 is 1.44. The van der Waals surface area contributed by atoms with Crippen LogP contribution in [0.15, 0.2) is 23.2 Å². The summed E-state index contributed by atoms with van der Waals surface area (Å²) in [7, 11) is 1.62. The molecule has 0 unspecified atom stereocenters. The molecule has 2 rings (SSSR count). The van der Waals surface area contributed by atoms with Gasteiger partial charge >= 0.3 is 0 Å². The van der Waals surface area contributed by atoms with Gasteiger partial charge in [-0.15, -0.1) is 0 Å². The second-order valence-electron chi connectivity index (χ2n) is 3.95. The van der Waals surface area contributed by atoms with E-state index in [0.717, 1.165) is 21.7 Å². The summed E-state index contributed by atoms with van der Waals surface area (Å²) in [4.78, 5) is 19.8. The lowest BCUT2D eigenvalue weighted by Gasteiger charge is -2.07.